The number of hydrogen-bond donors (Lipinski definition) is 3. The van der Waals surface area contributed by atoms with Crippen LogP contribution < -0.4 is 11.1 Å². The van der Waals surface area contributed by atoms with Crippen LogP contribution in [0.2, 0.25) is 0 Å². The fraction of sp³-hybridized carbons (Fsp3) is 0.545. The molecule has 1 saturated carbocycles. The smallest absolute Gasteiger partial charge is 0.125 e. The second-order valence-corrected chi connectivity index (χ2v) is 4.74. The fourth-order valence-electron chi connectivity index (χ4n) is 1.89. The fourth-order valence-corrected chi connectivity index (χ4v) is 1.89. The summed E-state index contributed by atoms with van der Waals surface area (Å²) in [7, 11) is 0. The molecular formula is C11H17N3O. The lowest BCUT2D eigenvalue weighted by Crippen LogP contribution is -2.56. The Morgan fingerprint density at radius 2 is 2.33 bits per heavy atom. The van der Waals surface area contributed by atoms with Crippen LogP contribution in [0.25, 0.3) is 0 Å². The van der Waals surface area contributed by atoms with E-state index in [0.717, 1.165) is 12.1 Å². The van der Waals surface area contributed by atoms with Gasteiger partial charge in [-0.3, -0.25) is 0 Å². The number of nitrogens with zero attached hydrogens (tertiary/aromatic N) is 1. The minimum Gasteiger partial charge on any atom is -0.392 e. The molecule has 2 unspecified atom stereocenters. The number of aliphatic hydroxyl groups excluding tert-OH is 1. The van der Waals surface area contributed by atoms with Gasteiger partial charge in [0.25, 0.3) is 0 Å². The van der Waals surface area contributed by atoms with Gasteiger partial charge in [0, 0.05) is 29.4 Å². The predicted octanol–water partition coefficient (Wildman–Crippen LogP) is 1.24. The molecule has 1 aliphatic rings. The monoisotopic (exact) mass is 207 g/mol. The summed E-state index contributed by atoms with van der Waals surface area (Å²) < 4.78 is 0. The largest absolute Gasteiger partial charge is 0.392 e. The van der Waals surface area contributed by atoms with Crippen molar-refractivity contribution in [3.8, 4) is 0 Å². The van der Waals surface area contributed by atoms with Crippen LogP contribution in [0.5, 0.6) is 0 Å². The summed E-state index contributed by atoms with van der Waals surface area (Å²) in [6.45, 7) is 4.12. The van der Waals surface area contributed by atoms with E-state index in [-0.39, 0.29) is 11.5 Å². The molecule has 0 saturated heterocycles. The zero-order valence-corrected chi connectivity index (χ0v) is 9.07. The summed E-state index contributed by atoms with van der Waals surface area (Å²) in [5, 5.41) is 13.0. The minimum atomic E-state index is -0.214. The van der Waals surface area contributed by atoms with Gasteiger partial charge in [-0.15, -0.1) is 0 Å². The maximum Gasteiger partial charge on any atom is 0.125 e. The molecule has 0 aliphatic heterocycles. The maximum absolute atomic E-state index is 9.60. The number of hydrogen-bond acceptors (Lipinski definition) is 4. The van der Waals surface area contributed by atoms with E-state index in [1.54, 1.807) is 12.3 Å². The predicted molar refractivity (Wildman–Crippen MR) is 60.5 cm³/mol. The van der Waals surface area contributed by atoms with E-state index in [0.29, 0.717) is 11.9 Å². The molecular weight excluding hydrogens is 190 g/mol. The molecule has 82 valence electrons. The van der Waals surface area contributed by atoms with E-state index in [1.165, 1.54) is 0 Å². The van der Waals surface area contributed by atoms with Crippen LogP contribution in [-0.4, -0.2) is 22.2 Å². The molecule has 1 heterocycles. The van der Waals surface area contributed by atoms with E-state index in [1.807, 2.05) is 6.07 Å². The van der Waals surface area contributed by atoms with Gasteiger partial charge in [0.2, 0.25) is 0 Å². The third kappa shape index (κ3) is 1.77. The molecule has 1 aromatic heterocycles. The quantitative estimate of drug-likeness (QED) is 0.682. The Bertz CT molecular complexity index is 365. The van der Waals surface area contributed by atoms with Crippen LogP contribution in [0.15, 0.2) is 18.3 Å². The SMILES string of the molecule is CC1(C)C(O)CC1Nc1ccnc(N)c1. The molecule has 1 aromatic rings. The molecule has 0 bridgehead atoms. The number of nitrogens with one attached hydrogen (secondary N) is 1. The van der Waals surface area contributed by atoms with Crippen molar-refractivity contribution in [1.29, 1.82) is 0 Å². The number of rotatable bonds is 2. The lowest BCUT2D eigenvalue weighted by Gasteiger charge is -2.49. The van der Waals surface area contributed by atoms with E-state index in [2.05, 4.69) is 24.1 Å². The lowest BCUT2D eigenvalue weighted by atomic mass is 9.64. The summed E-state index contributed by atoms with van der Waals surface area (Å²) in [5.74, 6) is 0.512. The van der Waals surface area contributed by atoms with Gasteiger partial charge >= 0.3 is 0 Å². The number of aromatic nitrogens is 1. The maximum atomic E-state index is 9.60. The second-order valence-electron chi connectivity index (χ2n) is 4.74. The molecule has 4 heteroatoms. The Hall–Kier alpha value is -1.29. The molecule has 0 amide bonds. The molecule has 0 spiro atoms. The zero-order chi connectivity index (χ0) is 11.1. The normalized spacial score (nSPS) is 28.2. The first-order valence-electron chi connectivity index (χ1n) is 5.16. The molecule has 4 N–H and O–H groups in total. The second kappa shape index (κ2) is 3.38. The highest BCUT2D eigenvalue weighted by molar-refractivity contribution is 5.51. The Kier molecular flexibility index (Phi) is 2.31. The van der Waals surface area contributed by atoms with Crippen molar-refractivity contribution in [2.45, 2.75) is 32.4 Å². The number of nitrogen functional groups attached to an aromatic ring is 1. The van der Waals surface area contributed by atoms with Crippen molar-refractivity contribution in [2.75, 3.05) is 11.1 Å². The van der Waals surface area contributed by atoms with Gasteiger partial charge in [-0.05, 0) is 12.5 Å². The average molecular weight is 207 g/mol. The molecule has 1 fully saturated rings. The van der Waals surface area contributed by atoms with Crippen molar-refractivity contribution in [1.82, 2.24) is 4.98 Å². The van der Waals surface area contributed by atoms with Crippen LogP contribution in [-0.2, 0) is 0 Å². The topological polar surface area (TPSA) is 71.2 Å². The van der Waals surface area contributed by atoms with E-state index < -0.39 is 0 Å². The van der Waals surface area contributed by atoms with Crippen LogP contribution in [0.3, 0.4) is 0 Å². The first-order valence-corrected chi connectivity index (χ1v) is 5.16. The van der Waals surface area contributed by atoms with E-state index in [9.17, 15) is 5.11 Å². The highest BCUT2D eigenvalue weighted by Crippen LogP contribution is 2.42. The zero-order valence-electron chi connectivity index (χ0n) is 9.07. The van der Waals surface area contributed by atoms with Gasteiger partial charge in [-0.2, -0.15) is 0 Å². The third-order valence-electron chi connectivity index (χ3n) is 3.34. The Morgan fingerprint density at radius 1 is 1.60 bits per heavy atom. The van der Waals surface area contributed by atoms with E-state index >= 15 is 0 Å². The summed E-state index contributed by atoms with van der Waals surface area (Å²) in [6.07, 6.45) is 2.25. The Morgan fingerprint density at radius 3 is 2.87 bits per heavy atom. The van der Waals surface area contributed by atoms with Gasteiger partial charge in [-0.1, -0.05) is 13.8 Å². The van der Waals surface area contributed by atoms with Crippen LogP contribution in [0.1, 0.15) is 20.3 Å². The molecule has 0 aromatic carbocycles. The highest BCUT2D eigenvalue weighted by atomic mass is 16.3. The van der Waals surface area contributed by atoms with Crippen LogP contribution >= 0.6 is 0 Å². The summed E-state index contributed by atoms with van der Waals surface area (Å²) in [4.78, 5) is 3.93. The van der Waals surface area contributed by atoms with Gasteiger partial charge in [0.05, 0.1) is 6.10 Å². The summed E-state index contributed by atoms with van der Waals surface area (Å²) in [6, 6.07) is 3.99. The first kappa shape index (κ1) is 10.2. The van der Waals surface area contributed by atoms with Crippen molar-refractivity contribution < 1.29 is 5.11 Å². The van der Waals surface area contributed by atoms with Crippen molar-refractivity contribution in [3.05, 3.63) is 18.3 Å². The van der Waals surface area contributed by atoms with Crippen LogP contribution in [0, 0.1) is 5.41 Å². The molecule has 1 aliphatic carbocycles. The summed E-state index contributed by atoms with van der Waals surface area (Å²) in [5.41, 5.74) is 6.48. The number of pyridine rings is 1. The molecule has 2 rings (SSSR count). The van der Waals surface area contributed by atoms with Crippen molar-refractivity contribution in [2.24, 2.45) is 5.41 Å². The Balaban J connectivity index is 2.05. The van der Waals surface area contributed by atoms with Gasteiger partial charge in [-0.25, -0.2) is 4.98 Å². The number of aliphatic hydroxyl groups is 1. The molecule has 4 nitrogen and oxygen atoms in total. The third-order valence-corrected chi connectivity index (χ3v) is 3.34. The van der Waals surface area contributed by atoms with E-state index in [4.69, 9.17) is 5.73 Å². The van der Waals surface area contributed by atoms with Gasteiger partial charge in [0.1, 0.15) is 5.82 Å². The van der Waals surface area contributed by atoms with Crippen molar-refractivity contribution >= 4 is 11.5 Å². The first-order chi connectivity index (χ1) is 7.00. The molecule has 15 heavy (non-hydrogen) atoms. The Labute approximate surface area is 89.5 Å². The number of nitrogens with two attached hydrogens (primary N) is 1. The van der Waals surface area contributed by atoms with Gasteiger partial charge in [0.15, 0.2) is 0 Å². The standard InChI is InChI=1S/C11H17N3O/c1-11(2)8(6-9(11)15)14-7-3-4-13-10(12)5-7/h3-5,8-9,15H,6H2,1-2H3,(H3,12,13,14). The highest BCUT2D eigenvalue weighted by Gasteiger charge is 2.47. The van der Waals surface area contributed by atoms with Gasteiger partial charge < -0.3 is 16.2 Å². The minimum absolute atomic E-state index is 0.0714. The molecule has 2 atom stereocenters. The van der Waals surface area contributed by atoms with Crippen LogP contribution in [0.4, 0.5) is 11.5 Å². The average Bonchev–Trinajstić information content (AvgIpc) is 2.17. The molecule has 0 radical (unpaired) electrons. The lowest BCUT2D eigenvalue weighted by molar-refractivity contribution is -0.0510. The summed E-state index contributed by atoms with van der Waals surface area (Å²) >= 11 is 0. The number of anilines is 2. The van der Waals surface area contributed by atoms with Crippen molar-refractivity contribution in [3.63, 3.8) is 0 Å².